The summed E-state index contributed by atoms with van der Waals surface area (Å²) < 4.78 is 5.38. The first-order valence-corrected chi connectivity index (χ1v) is 10.5. The second kappa shape index (κ2) is 10.1. The summed E-state index contributed by atoms with van der Waals surface area (Å²) in [6.45, 7) is 5.48. The molecule has 1 aromatic rings. The normalized spacial score (nSPS) is 23.7. The Morgan fingerprint density at radius 2 is 1.86 bits per heavy atom. The number of hydrogen-bond acceptors (Lipinski definition) is 5. The minimum absolute atomic E-state index is 0.0895. The van der Waals surface area contributed by atoms with Crippen LogP contribution in [0, 0.1) is 5.92 Å². The highest BCUT2D eigenvalue weighted by molar-refractivity contribution is 5.79. The quantitative estimate of drug-likeness (QED) is 0.745. The van der Waals surface area contributed by atoms with Gasteiger partial charge in [0.25, 0.3) is 0 Å². The molecule has 2 aliphatic rings. The summed E-state index contributed by atoms with van der Waals surface area (Å²) in [5, 5.41) is 9.19. The Bertz CT molecular complexity index is 703. The van der Waals surface area contributed by atoms with Crippen LogP contribution < -0.4 is 4.74 Å². The van der Waals surface area contributed by atoms with Gasteiger partial charge in [-0.25, -0.2) is 0 Å². The largest absolute Gasteiger partial charge is 0.496 e. The second-order valence-electron chi connectivity index (χ2n) is 8.22. The lowest BCUT2D eigenvalue weighted by molar-refractivity contribution is -0.137. The van der Waals surface area contributed by atoms with Crippen molar-refractivity contribution in [2.24, 2.45) is 5.92 Å². The van der Waals surface area contributed by atoms with Crippen molar-refractivity contribution >= 4 is 11.9 Å². The molecule has 0 spiro atoms. The Kier molecular flexibility index (Phi) is 7.50. The average molecular weight is 404 g/mol. The molecule has 2 fully saturated rings. The van der Waals surface area contributed by atoms with Crippen molar-refractivity contribution in [3.05, 3.63) is 29.8 Å². The van der Waals surface area contributed by atoms with Gasteiger partial charge in [-0.15, -0.1) is 0 Å². The smallest absolute Gasteiger partial charge is 0.303 e. The minimum atomic E-state index is -0.764. The lowest BCUT2D eigenvalue weighted by Gasteiger charge is -2.46. The summed E-state index contributed by atoms with van der Waals surface area (Å²) in [5.74, 6) is 0.256. The molecule has 160 valence electrons. The van der Waals surface area contributed by atoms with E-state index in [1.807, 2.05) is 29.2 Å². The Morgan fingerprint density at radius 3 is 2.55 bits per heavy atom. The van der Waals surface area contributed by atoms with Crippen molar-refractivity contribution < 1.29 is 19.4 Å². The number of methoxy groups -OCH3 is 1. The van der Waals surface area contributed by atoms with E-state index in [1.54, 1.807) is 7.11 Å². The molecule has 2 atom stereocenters. The predicted molar refractivity (Wildman–Crippen MR) is 111 cm³/mol. The van der Waals surface area contributed by atoms with Crippen LogP contribution in [-0.2, 0) is 16.0 Å². The summed E-state index contributed by atoms with van der Waals surface area (Å²) in [7, 11) is 3.76. The molecule has 3 rings (SSSR count). The van der Waals surface area contributed by atoms with Crippen LogP contribution in [0.1, 0.15) is 24.8 Å². The van der Waals surface area contributed by atoms with Gasteiger partial charge < -0.3 is 19.6 Å². The number of carbonyl (C=O) groups is 2. The third-order valence-corrected chi connectivity index (χ3v) is 6.32. The number of likely N-dealkylation sites (N-methyl/N-ethyl adjacent to an activating group) is 1. The van der Waals surface area contributed by atoms with Gasteiger partial charge in [0.2, 0.25) is 5.91 Å². The number of likely N-dealkylation sites (tertiary alicyclic amines) is 1. The standard InChI is InChI=1S/C22H33N3O4/c1-23-11-13-24(14-12-23)19-9-10-25(16-18(19)7-8-22(27)28)21(26)15-17-5-3-4-6-20(17)29-2/h3-6,18-19H,7-16H2,1-2H3,(H,27,28)/t18-,19+/m1/s1. The first kappa shape index (κ1) is 21.6. The molecule has 1 N–H and O–H groups in total. The lowest BCUT2D eigenvalue weighted by atomic mass is 9.86. The number of carboxylic acids is 1. The SMILES string of the molecule is COc1ccccc1CC(=O)N1CC[C@H](N2CCN(C)CC2)[C@H](CCC(=O)O)C1. The first-order valence-electron chi connectivity index (χ1n) is 10.5. The van der Waals surface area contributed by atoms with Crippen molar-refractivity contribution in [1.82, 2.24) is 14.7 Å². The lowest BCUT2D eigenvalue weighted by Crippen LogP contribution is -2.57. The molecule has 2 saturated heterocycles. The summed E-state index contributed by atoms with van der Waals surface area (Å²) in [4.78, 5) is 30.9. The number of carboxylic acid groups (broad SMARTS) is 1. The zero-order valence-corrected chi connectivity index (χ0v) is 17.5. The van der Waals surface area contributed by atoms with E-state index in [-0.39, 0.29) is 18.2 Å². The maximum Gasteiger partial charge on any atom is 0.303 e. The van der Waals surface area contributed by atoms with E-state index >= 15 is 0 Å². The van der Waals surface area contributed by atoms with Gasteiger partial charge >= 0.3 is 5.97 Å². The Hall–Kier alpha value is -2.12. The van der Waals surface area contributed by atoms with E-state index in [2.05, 4.69) is 16.8 Å². The van der Waals surface area contributed by atoms with Gasteiger partial charge in [0, 0.05) is 57.3 Å². The maximum absolute atomic E-state index is 13.0. The van der Waals surface area contributed by atoms with E-state index in [9.17, 15) is 14.7 Å². The van der Waals surface area contributed by atoms with Crippen LogP contribution in [0.5, 0.6) is 5.75 Å². The molecular formula is C22H33N3O4. The van der Waals surface area contributed by atoms with Crippen LogP contribution in [0.4, 0.5) is 0 Å². The van der Waals surface area contributed by atoms with Crippen molar-refractivity contribution in [3.8, 4) is 5.75 Å². The van der Waals surface area contributed by atoms with Crippen molar-refractivity contribution in [1.29, 1.82) is 0 Å². The highest BCUT2D eigenvalue weighted by Gasteiger charge is 2.36. The van der Waals surface area contributed by atoms with Crippen LogP contribution in [0.15, 0.2) is 24.3 Å². The molecule has 0 saturated carbocycles. The predicted octanol–water partition coefficient (Wildman–Crippen LogP) is 1.57. The number of hydrogen-bond donors (Lipinski definition) is 1. The van der Waals surface area contributed by atoms with Gasteiger partial charge in [-0.2, -0.15) is 0 Å². The molecule has 7 heteroatoms. The van der Waals surface area contributed by atoms with Crippen molar-refractivity contribution in [2.45, 2.75) is 31.7 Å². The van der Waals surface area contributed by atoms with Gasteiger partial charge in [0.05, 0.1) is 13.5 Å². The molecule has 0 aliphatic carbocycles. The fourth-order valence-corrected chi connectivity index (χ4v) is 4.60. The number of amides is 1. The van der Waals surface area contributed by atoms with Crippen LogP contribution in [-0.4, -0.2) is 91.2 Å². The molecule has 29 heavy (non-hydrogen) atoms. The summed E-state index contributed by atoms with van der Waals surface area (Å²) in [6.07, 6.45) is 1.99. The summed E-state index contributed by atoms with van der Waals surface area (Å²) in [5.41, 5.74) is 0.892. The third kappa shape index (κ3) is 5.70. The number of rotatable bonds is 7. The molecule has 2 heterocycles. The Labute approximate surface area is 173 Å². The van der Waals surface area contributed by atoms with E-state index < -0.39 is 5.97 Å². The minimum Gasteiger partial charge on any atom is -0.496 e. The Balaban J connectivity index is 1.65. The van der Waals surface area contributed by atoms with E-state index in [0.717, 1.165) is 50.5 Å². The number of piperidine rings is 1. The van der Waals surface area contributed by atoms with Crippen molar-refractivity contribution in [2.75, 3.05) is 53.4 Å². The van der Waals surface area contributed by atoms with E-state index in [0.29, 0.717) is 25.4 Å². The van der Waals surface area contributed by atoms with E-state index in [1.165, 1.54) is 0 Å². The molecule has 0 aromatic heterocycles. The summed E-state index contributed by atoms with van der Waals surface area (Å²) >= 11 is 0. The number of aliphatic carboxylic acids is 1. The number of para-hydroxylation sites is 1. The number of piperazine rings is 1. The van der Waals surface area contributed by atoms with E-state index in [4.69, 9.17) is 4.74 Å². The van der Waals surface area contributed by atoms with Crippen LogP contribution in [0.3, 0.4) is 0 Å². The fraction of sp³-hybridized carbons (Fsp3) is 0.636. The maximum atomic E-state index is 13.0. The monoisotopic (exact) mass is 403 g/mol. The van der Waals surface area contributed by atoms with Gasteiger partial charge in [0.15, 0.2) is 0 Å². The number of nitrogens with zero attached hydrogens (tertiary/aromatic N) is 3. The molecule has 0 radical (unpaired) electrons. The molecule has 1 amide bonds. The molecule has 2 aliphatic heterocycles. The molecule has 7 nitrogen and oxygen atoms in total. The highest BCUT2D eigenvalue weighted by atomic mass is 16.5. The van der Waals surface area contributed by atoms with Crippen LogP contribution in [0.2, 0.25) is 0 Å². The Morgan fingerprint density at radius 1 is 1.14 bits per heavy atom. The molecular weight excluding hydrogens is 370 g/mol. The topological polar surface area (TPSA) is 73.3 Å². The molecule has 0 unspecified atom stereocenters. The zero-order chi connectivity index (χ0) is 20.8. The molecule has 0 bridgehead atoms. The number of ether oxygens (including phenoxy) is 1. The summed E-state index contributed by atoms with van der Waals surface area (Å²) in [6, 6.07) is 7.97. The molecule has 1 aromatic carbocycles. The average Bonchev–Trinajstić information content (AvgIpc) is 2.73. The van der Waals surface area contributed by atoms with Gasteiger partial charge in [-0.1, -0.05) is 18.2 Å². The van der Waals surface area contributed by atoms with Crippen LogP contribution in [0.25, 0.3) is 0 Å². The third-order valence-electron chi connectivity index (χ3n) is 6.32. The first-order chi connectivity index (χ1) is 14.0. The number of benzene rings is 1. The van der Waals surface area contributed by atoms with Gasteiger partial charge in [0.1, 0.15) is 5.75 Å². The second-order valence-corrected chi connectivity index (χ2v) is 8.22. The van der Waals surface area contributed by atoms with Crippen LogP contribution >= 0.6 is 0 Å². The zero-order valence-electron chi connectivity index (χ0n) is 17.5. The van der Waals surface area contributed by atoms with Gasteiger partial charge in [-0.3, -0.25) is 14.5 Å². The highest BCUT2D eigenvalue weighted by Crippen LogP contribution is 2.28. The number of carbonyl (C=O) groups excluding carboxylic acids is 1. The van der Waals surface area contributed by atoms with Crippen molar-refractivity contribution in [3.63, 3.8) is 0 Å². The fourth-order valence-electron chi connectivity index (χ4n) is 4.60. The van der Waals surface area contributed by atoms with Gasteiger partial charge in [-0.05, 0) is 31.9 Å².